The zero-order valence-corrected chi connectivity index (χ0v) is 12.6. The fourth-order valence-corrected chi connectivity index (χ4v) is 4.34. The topological polar surface area (TPSA) is 20.3 Å². The molecule has 0 atom stereocenters. The van der Waals surface area contributed by atoms with E-state index in [0.717, 1.165) is 34.7 Å². The molecule has 0 spiro atoms. The highest BCUT2D eigenvalue weighted by atomic mass is 32.2. The average Bonchev–Trinajstić information content (AvgIpc) is 3.05. The number of hydrogen-bond acceptors (Lipinski definition) is 3. The van der Waals surface area contributed by atoms with Gasteiger partial charge < -0.3 is 4.90 Å². The molecule has 0 N–H and O–H groups in total. The number of ketones is 1. The smallest absolute Gasteiger partial charge is 0.192 e. The molecular formula is C18H15NOS. The quantitative estimate of drug-likeness (QED) is 0.732. The van der Waals surface area contributed by atoms with Gasteiger partial charge >= 0.3 is 0 Å². The Kier molecular flexibility index (Phi) is 2.89. The van der Waals surface area contributed by atoms with Gasteiger partial charge in [-0.25, -0.2) is 0 Å². The van der Waals surface area contributed by atoms with Crippen LogP contribution in [0.2, 0.25) is 0 Å². The van der Waals surface area contributed by atoms with Crippen molar-refractivity contribution in [2.24, 2.45) is 0 Å². The summed E-state index contributed by atoms with van der Waals surface area (Å²) < 4.78 is 0. The zero-order valence-electron chi connectivity index (χ0n) is 11.8. The number of fused-ring (bicyclic) bond motifs is 2. The van der Waals surface area contributed by atoms with Crippen LogP contribution in [0.1, 0.15) is 22.8 Å². The molecule has 2 aliphatic rings. The molecule has 4 rings (SSSR count). The molecule has 2 nitrogen and oxygen atoms in total. The van der Waals surface area contributed by atoms with E-state index in [0.29, 0.717) is 0 Å². The second kappa shape index (κ2) is 4.78. The fraction of sp³-hybridized carbons (Fsp3) is 0.167. The number of rotatable bonds is 1. The van der Waals surface area contributed by atoms with Crippen LogP contribution in [0.4, 0.5) is 5.69 Å². The molecule has 0 unspecified atom stereocenters. The molecule has 0 fully saturated rings. The molecule has 0 amide bonds. The first-order valence-corrected chi connectivity index (χ1v) is 8.01. The summed E-state index contributed by atoms with van der Waals surface area (Å²) in [7, 11) is 0. The normalized spacial score (nSPS) is 19.9. The van der Waals surface area contributed by atoms with Gasteiger partial charge in [0.2, 0.25) is 0 Å². The Morgan fingerprint density at radius 1 is 1.10 bits per heavy atom. The van der Waals surface area contributed by atoms with Gasteiger partial charge in [0.25, 0.3) is 0 Å². The van der Waals surface area contributed by atoms with Gasteiger partial charge in [-0.1, -0.05) is 48.2 Å². The van der Waals surface area contributed by atoms with Crippen LogP contribution in [-0.4, -0.2) is 12.3 Å². The fourth-order valence-electron chi connectivity index (χ4n) is 3.08. The van der Waals surface area contributed by atoms with E-state index >= 15 is 0 Å². The van der Waals surface area contributed by atoms with Crippen molar-refractivity contribution in [1.29, 1.82) is 0 Å². The molecule has 0 saturated heterocycles. The number of hydrogen-bond donors (Lipinski definition) is 0. The van der Waals surface area contributed by atoms with Gasteiger partial charge in [-0.05, 0) is 24.6 Å². The van der Waals surface area contributed by atoms with E-state index in [1.54, 1.807) is 11.8 Å². The summed E-state index contributed by atoms with van der Waals surface area (Å²) in [5, 5.41) is 1.11. The van der Waals surface area contributed by atoms with Crippen LogP contribution in [0.15, 0.2) is 64.0 Å². The number of para-hydroxylation sites is 1. The summed E-state index contributed by atoms with van der Waals surface area (Å²) >= 11 is 1.73. The van der Waals surface area contributed by atoms with Gasteiger partial charge in [0.1, 0.15) is 0 Å². The number of Topliss-reactive ketones (excluding diaryl/α,β-unsaturated/α-hetero) is 1. The molecule has 3 heteroatoms. The third-order valence-electron chi connectivity index (χ3n) is 4.09. The standard InChI is InChI=1S/C18H15NOS/c1-2-19-15-9-5-6-10-16(15)21-18(19)14-11-12-7-3-4-8-13(12)17(14)20/h3-10H,2,11H2,1H3/b18-14+. The molecule has 0 radical (unpaired) electrons. The lowest BCUT2D eigenvalue weighted by Gasteiger charge is -2.19. The molecule has 1 heterocycles. The van der Waals surface area contributed by atoms with Crippen LogP contribution < -0.4 is 4.90 Å². The van der Waals surface area contributed by atoms with Crippen molar-refractivity contribution in [3.05, 3.63) is 70.3 Å². The number of carbonyl (C=O) groups excluding carboxylic acids is 1. The molecule has 0 aromatic heterocycles. The maximum absolute atomic E-state index is 12.7. The van der Waals surface area contributed by atoms with E-state index in [1.165, 1.54) is 10.6 Å². The van der Waals surface area contributed by atoms with Crippen LogP contribution >= 0.6 is 11.8 Å². The lowest BCUT2D eigenvalue weighted by molar-refractivity contribution is 0.103. The third-order valence-corrected chi connectivity index (χ3v) is 5.31. The first kappa shape index (κ1) is 12.7. The molecule has 2 aromatic rings. The molecule has 0 saturated carbocycles. The monoisotopic (exact) mass is 293 g/mol. The second-order valence-corrected chi connectivity index (χ2v) is 6.29. The van der Waals surface area contributed by atoms with Crippen molar-refractivity contribution < 1.29 is 4.79 Å². The minimum absolute atomic E-state index is 0.194. The zero-order chi connectivity index (χ0) is 14.4. The van der Waals surface area contributed by atoms with Crippen molar-refractivity contribution in [1.82, 2.24) is 0 Å². The highest BCUT2D eigenvalue weighted by molar-refractivity contribution is 8.03. The summed E-state index contributed by atoms with van der Waals surface area (Å²) in [4.78, 5) is 16.2. The van der Waals surface area contributed by atoms with Gasteiger partial charge in [0.05, 0.1) is 10.7 Å². The van der Waals surface area contributed by atoms with E-state index in [9.17, 15) is 4.79 Å². The average molecular weight is 293 g/mol. The molecule has 2 aromatic carbocycles. The van der Waals surface area contributed by atoms with Crippen LogP contribution in [0.5, 0.6) is 0 Å². The maximum atomic E-state index is 12.7. The van der Waals surface area contributed by atoms with E-state index in [2.05, 4.69) is 42.2 Å². The van der Waals surface area contributed by atoms with E-state index in [-0.39, 0.29) is 5.78 Å². The van der Waals surface area contributed by atoms with Gasteiger partial charge in [-0.2, -0.15) is 0 Å². The predicted molar refractivity (Wildman–Crippen MR) is 86.8 cm³/mol. The van der Waals surface area contributed by atoms with Crippen LogP contribution in [-0.2, 0) is 6.42 Å². The highest BCUT2D eigenvalue weighted by Crippen LogP contribution is 2.48. The largest absolute Gasteiger partial charge is 0.335 e. The van der Waals surface area contributed by atoms with Crippen molar-refractivity contribution in [3.63, 3.8) is 0 Å². The lowest BCUT2D eigenvalue weighted by atomic mass is 10.1. The molecule has 104 valence electrons. The first-order valence-electron chi connectivity index (χ1n) is 7.19. The number of anilines is 1. The van der Waals surface area contributed by atoms with Crippen LogP contribution in [0.3, 0.4) is 0 Å². The summed E-state index contributed by atoms with van der Waals surface area (Å²) in [5.74, 6) is 0.194. The Morgan fingerprint density at radius 2 is 1.86 bits per heavy atom. The second-order valence-electron chi connectivity index (χ2n) is 5.26. The minimum atomic E-state index is 0.194. The Bertz CT molecular complexity index is 778. The van der Waals surface area contributed by atoms with Crippen molar-refractivity contribution >= 4 is 23.2 Å². The van der Waals surface area contributed by atoms with E-state index < -0.39 is 0 Å². The molecular weight excluding hydrogens is 278 g/mol. The van der Waals surface area contributed by atoms with Gasteiger partial charge in [0, 0.05) is 29.0 Å². The SMILES string of the molecule is CCN1/C(=C2/Cc3ccccc3C2=O)Sc2ccccc21. The van der Waals surface area contributed by atoms with E-state index in [1.807, 2.05) is 18.2 Å². The Balaban J connectivity index is 1.83. The summed E-state index contributed by atoms with van der Waals surface area (Å²) in [6, 6.07) is 16.3. The molecule has 1 aliphatic heterocycles. The van der Waals surface area contributed by atoms with Gasteiger partial charge in [-0.15, -0.1) is 0 Å². The molecule has 1 aliphatic carbocycles. The number of allylic oxidation sites excluding steroid dienone is 1. The Morgan fingerprint density at radius 3 is 2.67 bits per heavy atom. The minimum Gasteiger partial charge on any atom is -0.335 e. The van der Waals surface area contributed by atoms with Crippen molar-refractivity contribution in [2.45, 2.75) is 18.2 Å². The summed E-state index contributed by atoms with van der Waals surface area (Å²) in [6.45, 7) is 3.02. The maximum Gasteiger partial charge on any atom is 0.192 e. The molecule has 21 heavy (non-hydrogen) atoms. The number of benzene rings is 2. The number of thioether (sulfide) groups is 1. The first-order chi connectivity index (χ1) is 10.3. The van der Waals surface area contributed by atoms with E-state index in [4.69, 9.17) is 0 Å². The van der Waals surface area contributed by atoms with Crippen molar-refractivity contribution in [2.75, 3.05) is 11.4 Å². The summed E-state index contributed by atoms with van der Waals surface area (Å²) in [6.07, 6.45) is 0.752. The third kappa shape index (κ3) is 1.84. The number of carbonyl (C=O) groups is 1. The van der Waals surface area contributed by atoms with Crippen LogP contribution in [0.25, 0.3) is 0 Å². The van der Waals surface area contributed by atoms with Gasteiger partial charge in [0.15, 0.2) is 5.78 Å². The number of nitrogens with zero attached hydrogens (tertiary/aromatic N) is 1. The molecule has 0 bridgehead atoms. The van der Waals surface area contributed by atoms with Crippen LogP contribution in [0, 0.1) is 0 Å². The van der Waals surface area contributed by atoms with Crippen molar-refractivity contribution in [3.8, 4) is 0 Å². The Hall–Kier alpha value is -2.00. The van der Waals surface area contributed by atoms with Gasteiger partial charge in [-0.3, -0.25) is 4.79 Å². The predicted octanol–water partition coefficient (Wildman–Crippen LogP) is 4.27. The summed E-state index contributed by atoms with van der Waals surface area (Å²) in [5.41, 5.74) is 4.18. The highest BCUT2D eigenvalue weighted by Gasteiger charge is 2.33. The Labute approximate surface area is 128 Å². The lowest BCUT2D eigenvalue weighted by Crippen LogP contribution is -2.19.